The van der Waals surface area contributed by atoms with Crippen LogP contribution < -0.4 is 4.90 Å². The van der Waals surface area contributed by atoms with Crippen LogP contribution in [-0.2, 0) is 0 Å². The highest BCUT2D eigenvalue weighted by Crippen LogP contribution is 2.25. The summed E-state index contributed by atoms with van der Waals surface area (Å²) >= 11 is 0. The van der Waals surface area contributed by atoms with Crippen molar-refractivity contribution in [3.8, 4) is 0 Å². The fourth-order valence-electron chi connectivity index (χ4n) is 4.37. The molecule has 0 aliphatic rings. The van der Waals surface area contributed by atoms with Crippen LogP contribution in [0.5, 0.6) is 0 Å². The monoisotopic (exact) mass is 489 g/mol. The van der Waals surface area contributed by atoms with Crippen LogP contribution in [0, 0.1) is 0 Å². The largest absolute Gasteiger partial charge is 0.345 e. The molecule has 5 rings (SSSR count). The number of nitrogens with zero attached hydrogens (tertiary/aromatic N) is 1. The van der Waals surface area contributed by atoms with Gasteiger partial charge in [-0.2, -0.15) is 0 Å². The van der Waals surface area contributed by atoms with Gasteiger partial charge in [-0.25, -0.2) is 0 Å². The Labute approximate surface area is 226 Å². The SMILES string of the molecule is CN(c1ccccc1)c1ccc(C=Cc2ccc(C=CC=C(c3ccccc3)c3ccccc3)cc2)cc1. The van der Waals surface area contributed by atoms with Gasteiger partial charge in [0.05, 0.1) is 0 Å². The minimum absolute atomic E-state index is 1.17. The Morgan fingerprint density at radius 2 is 0.842 bits per heavy atom. The molecule has 0 aliphatic carbocycles. The minimum atomic E-state index is 1.17. The zero-order valence-corrected chi connectivity index (χ0v) is 21.6. The Balaban J connectivity index is 1.25. The van der Waals surface area contributed by atoms with Crippen molar-refractivity contribution in [2.75, 3.05) is 11.9 Å². The highest BCUT2D eigenvalue weighted by Gasteiger charge is 2.03. The summed E-state index contributed by atoms with van der Waals surface area (Å²) < 4.78 is 0. The summed E-state index contributed by atoms with van der Waals surface area (Å²) in [4.78, 5) is 2.19. The Morgan fingerprint density at radius 1 is 0.447 bits per heavy atom. The van der Waals surface area contributed by atoms with Crippen molar-refractivity contribution in [2.45, 2.75) is 0 Å². The van der Waals surface area contributed by atoms with E-state index < -0.39 is 0 Å². The van der Waals surface area contributed by atoms with Gasteiger partial charge in [0.15, 0.2) is 0 Å². The minimum Gasteiger partial charge on any atom is -0.345 e. The van der Waals surface area contributed by atoms with Gasteiger partial charge in [-0.1, -0.05) is 146 Å². The maximum Gasteiger partial charge on any atom is 0.0408 e. The summed E-state index contributed by atoms with van der Waals surface area (Å²) in [5.41, 5.74) is 9.51. The summed E-state index contributed by atoms with van der Waals surface area (Å²) in [6, 6.07) is 48.7. The van der Waals surface area contributed by atoms with E-state index in [1.165, 1.54) is 44.8 Å². The molecule has 1 nitrogen and oxygen atoms in total. The molecule has 184 valence electrons. The number of para-hydroxylation sites is 1. The summed E-state index contributed by atoms with van der Waals surface area (Å²) in [5.74, 6) is 0. The molecule has 0 bridgehead atoms. The molecule has 1 heteroatoms. The Bertz CT molecular complexity index is 1470. The molecule has 0 aromatic heterocycles. The molecule has 0 spiro atoms. The summed E-state index contributed by atoms with van der Waals surface area (Å²) in [6.45, 7) is 0. The molecular weight excluding hydrogens is 458 g/mol. The van der Waals surface area contributed by atoms with Crippen molar-refractivity contribution in [1.82, 2.24) is 0 Å². The molecule has 0 saturated carbocycles. The average molecular weight is 490 g/mol. The van der Waals surface area contributed by atoms with Gasteiger partial charge in [-0.15, -0.1) is 0 Å². The van der Waals surface area contributed by atoms with Gasteiger partial charge in [0.25, 0.3) is 0 Å². The zero-order chi connectivity index (χ0) is 26.0. The highest BCUT2D eigenvalue weighted by atomic mass is 15.1. The second-order valence-electron chi connectivity index (χ2n) is 9.16. The number of hydrogen-bond donors (Lipinski definition) is 0. The van der Waals surface area contributed by atoms with Crippen LogP contribution in [0.15, 0.2) is 152 Å². The van der Waals surface area contributed by atoms with Crippen molar-refractivity contribution >= 4 is 35.2 Å². The third-order valence-corrected chi connectivity index (χ3v) is 6.55. The lowest BCUT2D eigenvalue weighted by Gasteiger charge is -2.19. The highest BCUT2D eigenvalue weighted by molar-refractivity contribution is 5.81. The standard InChI is InChI=1S/C37H31N/c1-38(35-17-9-4-10-18-35)36-28-26-32(27-29-36)25-24-31-22-20-30(21-23-31)12-11-19-37(33-13-5-2-6-14-33)34-15-7-3-8-16-34/h2-29H,1H3. The van der Waals surface area contributed by atoms with Crippen LogP contribution in [0.25, 0.3) is 23.8 Å². The van der Waals surface area contributed by atoms with Crippen molar-refractivity contribution in [1.29, 1.82) is 0 Å². The predicted molar refractivity (Wildman–Crippen MR) is 165 cm³/mol. The molecular formula is C37H31N. The van der Waals surface area contributed by atoms with Gasteiger partial charge in [0.2, 0.25) is 0 Å². The predicted octanol–water partition coefficient (Wildman–Crippen LogP) is 9.77. The number of benzene rings is 5. The molecule has 0 atom stereocenters. The molecule has 0 heterocycles. The number of rotatable bonds is 8. The molecule has 0 fully saturated rings. The Kier molecular flexibility index (Phi) is 8.08. The third-order valence-electron chi connectivity index (χ3n) is 6.55. The fourth-order valence-corrected chi connectivity index (χ4v) is 4.37. The van der Waals surface area contributed by atoms with Gasteiger partial charge >= 0.3 is 0 Å². The molecule has 0 N–H and O–H groups in total. The van der Waals surface area contributed by atoms with Gasteiger partial charge < -0.3 is 4.90 Å². The molecule has 0 amide bonds. The van der Waals surface area contributed by atoms with E-state index in [1.54, 1.807) is 0 Å². The fraction of sp³-hybridized carbons (Fsp3) is 0.0270. The smallest absolute Gasteiger partial charge is 0.0408 e. The van der Waals surface area contributed by atoms with Crippen molar-refractivity contribution in [3.05, 3.63) is 179 Å². The second-order valence-corrected chi connectivity index (χ2v) is 9.16. The lowest BCUT2D eigenvalue weighted by molar-refractivity contribution is 1.21. The maximum atomic E-state index is 2.19. The van der Waals surface area contributed by atoms with E-state index in [0.29, 0.717) is 0 Å². The number of anilines is 2. The Hall–Kier alpha value is -4.88. The van der Waals surface area contributed by atoms with Crippen molar-refractivity contribution in [2.24, 2.45) is 0 Å². The summed E-state index contributed by atoms with van der Waals surface area (Å²) in [6.07, 6.45) is 10.8. The first-order chi connectivity index (χ1) is 18.8. The van der Waals surface area contributed by atoms with E-state index in [-0.39, 0.29) is 0 Å². The first-order valence-corrected chi connectivity index (χ1v) is 12.9. The van der Waals surface area contributed by atoms with Crippen LogP contribution in [0.4, 0.5) is 11.4 Å². The first-order valence-electron chi connectivity index (χ1n) is 12.9. The molecule has 5 aromatic carbocycles. The molecule has 38 heavy (non-hydrogen) atoms. The number of hydrogen-bond acceptors (Lipinski definition) is 1. The summed E-state index contributed by atoms with van der Waals surface area (Å²) in [7, 11) is 2.09. The van der Waals surface area contributed by atoms with Crippen LogP contribution in [0.3, 0.4) is 0 Å². The maximum absolute atomic E-state index is 2.19. The van der Waals surface area contributed by atoms with E-state index in [0.717, 1.165) is 0 Å². The molecule has 0 radical (unpaired) electrons. The third kappa shape index (κ3) is 6.46. The molecule has 5 aromatic rings. The van der Waals surface area contributed by atoms with Crippen molar-refractivity contribution in [3.63, 3.8) is 0 Å². The van der Waals surface area contributed by atoms with Gasteiger partial charge in [0, 0.05) is 18.4 Å². The average Bonchev–Trinajstić information content (AvgIpc) is 3.00. The zero-order valence-electron chi connectivity index (χ0n) is 21.6. The van der Waals surface area contributed by atoms with E-state index in [9.17, 15) is 0 Å². The first kappa shape index (κ1) is 24.8. The number of allylic oxidation sites excluding steroid dienone is 2. The van der Waals surface area contributed by atoms with Gasteiger partial charge in [0.1, 0.15) is 0 Å². The van der Waals surface area contributed by atoms with E-state index in [2.05, 4.69) is 176 Å². The molecule has 0 saturated heterocycles. The normalized spacial score (nSPS) is 11.1. The summed E-state index contributed by atoms with van der Waals surface area (Å²) in [5, 5.41) is 0. The van der Waals surface area contributed by atoms with Crippen LogP contribution in [-0.4, -0.2) is 7.05 Å². The molecule has 0 unspecified atom stereocenters. The lowest BCUT2D eigenvalue weighted by Crippen LogP contribution is -2.08. The van der Waals surface area contributed by atoms with Crippen LogP contribution in [0.2, 0.25) is 0 Å². The quantitative estimate of drug-likeness (QED) is 0.155. The lowest BCUT2D eigenvalue weighted by atomic mass is 9.97. The molecule has 0 aliphatic heterocycles. The topological polar surface area (TPSA) is 3.24 Å². The van der Waals surface area contributed by atoms with Gasteiger partial charge in [-0.05, 0) is 57.7 Å². The van der Waals surface area contributed by atoms with Crippen LogP contribution >= 0.6 is 0 Å². The second kappa shape index (κ2) is 12.4. The van der Waals surface area contributed by atoms with E-state index >= 15 is 0 Å². The van der Waals surface area contributed by atoms with Gasteiger partial charge in [-0.3, -0.25) is 0 Å². The van der Waals surface area contributed by atoms with Crippen molar-refractivity contribution < 1.29 is 0 Å². The van der Waals surface area contributed by atoms with E-state index in [1.807, 2.05) is 6.07 Å². The van der Waals surface area contributed by atoms with Crippen LogP contribution in [0.1, 0.15) is 27.8 Å². The van der Waals surface area contributed by atoms with E-state index in [4.69, 9.17) is 0 Å². The Morgan fingerprint density at radius 3 is 1.34 bits per heavy atom.